The van der Waals surface area contributed by atoms with Crippen molar-refractivity contribution in [3.05, 3.63) is 51.0 Å². The Labute approximate surface area is 133 Å². The Kier molecular flexibility index (Phi) is 4.98. The molecule has 23 heavy (non-hydrogen) atoms. The van der Waals surface area contributed by atoms with E-state index in [2.05, 4.69) is 10.3 Å². The number of non-ortho nitro benzene ring substituents is 1. The van der Waals surface area contributed by atoms with Gasteiger partial charge in [0, 0.05) is 17.5 Å². The van der Waals surface area contributed by atoms with E-state index in [0.29, 0.717) is 5.56 Å². The van der Waals surface area contributed by atoms with Crippen LogP contribution in [0.5, 0.6) is 0 Å². The van der Waals surface area contributed by atoms with Crippen molar-refractivity contribution in [1.82, 2.24) is 4.98 Å². The highest BCUT2D eigenvalue weighted by molar-refractivity contribution is 7.14. The van der Waals surface area contributed by atoms with E-state index < -0.39 is 22.8 Å². The van der Waals surface area contributed by atoms with E-state index in [4.69, 9.17) is 10.8 Å². The fraction of sp³-hybridized carbons (Fsp3) is 0.154. The van der Waals surface area contributed by atoms with Gasteiger partial charge in [-0.05, 0) is 12.0 Å². The van der Waals surface area contributed by atoms with Crippen molar-refractivity contribution in [2.45, 2.75) is 12.5 Å². The molecule has 0 saturated carbocycles. The number of nitrogens with one attached hydrogen (secondary N) is 1. The molecule has 0 aliphatic heterocycles. The summed E-state index contributed by atoms with van der Waals surface area (Å²) in [6, 6.07) is 4.82. The van der Waals surface area contributed by atoms with Crippen LogP contribution in [0.2, 0.25) is 0 Å². The number of amides is 1. The van der Waals surface area contributed by atoms with Crippen LogP contribution in [0.25, 0.3) is 0 Å². The summed E-state index contributed by atoms with van der Waals surface area (Å²) in [5.41, 5.74) is 6.24. The number of aromatic carboxylic acids is 1. The van der Waals surface area contributed by atoms with Gasteiger partial charge >= 0.3 is 5.97 Å². The third kappa shape index (κ3) is 4.31. The molecule has 0 radical (unpaired) electrons. The maximum atomic E-state index is 11.9. The van der Waals surface area contributed by atoms with Gasteiger partial charge in [-0.1, -0.05) is 12.1 Å². The van der Waals surface area contributed by atoms with E-state index in [1.807, 2.05) is 0 Å². The molecule has 0 aliphatic rings. The van der Waals surface area contributed by atoms with Gasteiger partial charge in [0.2, 0.25) is 5.91 Å². The smallest absolute Gasteiger partial charge is 0.355 e. The van der Waals surface area contributed by atoms with Gasteiger partial charge in [-0.15, -0.1) is 11.3 Å². The first-order chi connectivity index (χ1) is 10.9. The van der Waals surface area contributed by atoms with Crippen molar-refractivity contribution < 1.29 is 19.6 Å². The largest absolute Gasteiger partial charge is 0.476 e. The highest BCUT2D eigenvalue weighted by Crippen LogP contribution is 2.16. The zero-order valence-electron chi connectivity index (χ0n) is 11.6. The van der Waals surface area contributed by atoms with Gasteiger partial charge in [0.15, 0.2) is 10.8 Å². The summed E-state index contributed by atoms with van der Waals surface area (Å²) in [7, 11) is 0. The monoisotopic (exact) mass is 336 g/mol. The Bertz CT molecular complexity index is 743. The molecule has 10 heteroatoms. The molecule has 0 saturated heterocycles. The van der Waals surface area contributed by atoms with Crippen LogP contribution in [-0.2, 0) is 11.2 Å². The van der Waals surface area contributed by atoms with E-state index in [-0.39, 0.29) is 22.9 Å². The average Bonchev–Trinajstić information content (AvgIpc) is 2.96. The number of hydrogen-bond donors (Lipinski definition) is 3. The Balaban J connectivity index is 1.96. The molecule has 1 heterocycles. The Morgan fingerprint density at radius 3 is 2.57 bits per heavy atom. The van der Waals surface area contributed by atoms with Crippen LogP contribution in [0.4, 0.5) is 10.8 Å². The van der Waals surface area contributed by atoms with Crippen LogP contribution in [0.15, 0.2) is 29.6 Å². The Morgan fingerprint density at radius 1 is 1.39 bits per heavy atom. The molecular formula is C13H12N4O5S. The first-order valence-corrected chi connectivity index (χ1v) is 7.23. The second-order valence-electron chi connectivity index (χ2n) is 4.57. The molecule has 4 N–H and O–H groups in total. The minimum atomic E-state index is -1.18. The SMILES string of the molecule is NC(Cc1ccc([N+](=O)[O-])cc1)C(=O)Nc1nc(C(=O)O)cs1. The number of carboxylic acids is 1. The van der Waals surface area contributed by atoms with Gasteiger partial charge in [-0.25, -0.2) is 9.78 Å². The van der Waals surface area contributed by atoms with E-state index in [0.717, 1.165) is 11.3 Å². The standard InChI is InChI=1S/C13H12N4O5S/c14-9(5-7-1-3-8(4-2-7)17(21)22)11(18)16-13-15-10(6-23-13)12(19)20/h1-4,6,9H,5,14H2,(H,19,20)(H,15,16,18). The second kappa shape index (κ2) is 6.94. The number of anilines is 1. The number of nitrogens with zero attached hydrogens (tertiary/aromatic N) is 2. The van der Waals surface area contributed by atoms with Crippen molar-refractivity contribution in [2.75, 3.05) is 5.32 Å². The first kappa shape index (κ1) is 16.5. The summed E-state index contributed by atoms with van der Waals surface area (Å²) in [5.74, 6) is -1.70. The number of nitro benzene ring substituents is 1. The molecule has 1 amide bonds. The fourth-order valence-electron chi connectivity index (χ4n) is 1.73. The van der Waals surface area contributed by atoms with Crippen LogP contribution < -0.4 is 11.1 Å². The van der Waals surface area contributed by atoms with E-state index in [1.165, 1.54) is 29.6 Å². The molecule has 120 valence electrons. The number of nitro groups is 1. The number of carboxylic acid groups (broad SMARTS) is 1. The number of hydrogen-bond acceptors (Lipinski definition) is 7. The maximum Gasteiger partial charge on any atom is 0.355 e. The first-order valence-electron chi connectivity index (χ1n) is 6.35. The van der Waals surface area contributed by atoms with Crippen LogP contribution in [-0.4, -0.2) is 32.9 Å². The summed E-state index contributed by atoms with van der Waals surface area (Å²) in [5, 5.41) is 23.2. The molecule has 0 bridgehead atoms. The summed E-state index contributed by atoms with van der Waals surface area (Å²) < 4.78 is 0. The third-order valence-corrected chi connectivity index (χ3v) is 3.65. The molecule has 0 aliphatic carbocycles. The molecular weight excluding hydrogens is 324 g/mol. The molecule has 9 nitrogen and oxygen atoms in total. The molecule has 2 rings (SSSR count). The van der Waals surface area contributed by atoms with Crippen LogP contribution in [0.3, 0.4) is 0 Å². The average molecular weight is 336 g/mol. The lowest BCUT2D eigenvalue weighted by Gasteiger charge is -2.10. The number of nitrogens with two attached hydrogens (primary N) is 1. The van der Waals surface area contributed by atoms with Crippen LogP contribution >= 0.6 is 11.3 Å². The lowest BCUT2D eigenvalue weighted by Crippen LogP contribution is -2.37. The van der Waals surface area contributed by atoms with Gasteiger partial charge < -0.3 is 16.2 Å². The van der Waals surface area contributed by atoms with Crippen LogP contribution in [0.1, 0.15) is 16.1 Å². The maximum absolute atomic E-state index is 11.9. The molecule has 1 aromatic carbocycles. The van der Waals surface area contributed by atoms with Crippen molar-refractivity contribution >= 4 is 34.0 Å². The lowest BCUT2D eigenvalue weighted by molar-refractivity contribution is -0.384. The second-order valence-corrected chi connectivity index (χ2v) is 5.42. The molecule has 0 fully saturated rings. The van der Waals surface area contributed by atoms with Gasteiger partial charge in [0.25, 0.3) is 5.69 Å². The summed E-state index contributed by atoms with van der Waals surface area (Å²) in [6.45, 7) is 0. The Morgan fingerprint density at radius 2 is 2.04 bits per heavy atom. The number of benzene rings is 1. The lowest BCUT2D eigenvalue weighted by atomic mass is 10.1. The normalized spacial score (nSPS) is 11.7. The molecule has 2 aromatic rings. The fourth-order valence-corrected chi connectivity index (χ4v) is 2.42. The zero-order chi connectivity index (χ0) is 17.0. The number of rotatable bonds is 6. The number of aromatic nitrogens is 1. The van der Waals surface area contributed by atoms with E-state index >= 15 is 0 Å². The Hall–Kier alpha value is -2.85. The predicted octanol–water partition coefficient (Wildman–Crippen LogP) is 1.26. The van der Waals surface area contributed by atoms with Crippen molar-refractivity contribution in [3.8, 4) is 0 Å². The highest BCUT2D eigenvalue weighted by atomic mass is 32.1. The van der Waals surface area contributed by atoms with Crippen molar-refractivity contribution in [2.24, 2.45) is 5.73 Å². The number of thiazole rings is 1. The van der Waals surface area contributed by atoms with Gasteiger partial charge in [0.1, 0.15) is 0 Å². The van der Waals surface area contributed by atoms with Crippen molar-refractivity contribution in [1.29, 1.82) is 0 Å². The predicted molar refractivity (Wildman–Crippen MR) is 82.5 cm³/mol. The summed E-state index contributed by atoms with van der Waals surface area (Å²) in [4.78, 5) is 36.4. The summed E-state index contributed by atoms with van der Waals surface area (Å²) >= 11 is 0.981. The van der Waals surface area contributed by atoms with Gasteiger partial charge in [-0.2, -0.15) is 0 Å². The summed E-state index contributed by atoms with van der Waals surface area (Å²) in [6.07, 6.45) is 0.182. The number of carbonyl (C=O) groups excluding carboxylic acids is 1. The van der Waals surface area contributed by atoms with E-state index in [1.54, 1.807) is 0 Å². The number of carbonyl (C=O) groups is 2. The molecule has 1 atom stereocenters. The van der Waals surface area contributed by atoms with Gasteiger partial charge in [0.05, 0.1) is 11.0 Å². The topological polar surface area (TPSA) is 148 Å². The van der Waals surface area contributed by atoms with E-state index in [9.17, 15) is 19.7 Å². The minimum Gasteiger partial charge on any atom is -0.476 e. The van der Waals surface area contributed by atoms with Gasteiger partial charge in [-0.3, -0.25) is 14.9 Å². The zero-order valence-corrected chi connectivity index (χ0v) is 12.4. The minimum absolute atomic E-state index is 0.0456. The molecule has 1 unspecified atom stereocenters. The van der Waals surface area contributed by atoms with Crippen LogP contribution in [0, 0.1) is 10.1 Å². The third-order valence-electron chi connectivity index (χ3n) is 2.89. The van der Waals surface area contributed by atoms with Crippen molar-refractivity contribution in [3.63, 3.8) is 0 Å². The molecule has 1 aromatic heterocycles. The molecule has 0 spiro atoms. The highest BCUT2D eigenvalue weighted by Gasteiger charge is 2.17. The quantitative estimate of drug-likeness (QED) is 0.531.